The van der Waals surface area contributed by atoms with Crippen LogP contribution in [0.25, 0.3) is 0 Å². The van der Waals surface area contributed by atoms with Gasteiger partial charge in [-0.15, -0.1) is 18.3 Å². The number of aromatic amines is 1. The van der Waals surface area contributed by atoms with E-state index in [0.29, 0.717) is 0 Å². The molecule has 2 aromatic rings. The number of halogens is 3. The standard InChI is InChI=1S/C10H9F3N6O/c11-10(12,13)20-6-3-1-2-5(4-6)16-17-7-8(14)18-19-9(7)15/h1-4H,(H5,14,15,18,19). The highest BCUT2D eigenvalue weighted by molar-refractivity contribution is 5.70. The first-order valence-electron chi connectivity index (χ1n) is 5.22. The molecule has 0 atom stereocenters. The van der Waals surface area contributed by atoms with Gasteiger partial charge in [-0.1, -0.05) is 6.07 Å². The van der Waals surface area contributed by atoms with Crippen molar-refractivity contribution in [2.24, 2.45) is 10.2 Å². The number of hydrogen-bond donors (Lipinski definition) is 3. The summed E-state index contributed by atoms with van der Waals surface area (Å²) in [7, 11) is 0. The summed E-state index contributed by atoms with van der Waals surface area (Å²) < 4.78 is 40.0. The lowest BCUT2D eigenvalue weighted by Crippen LogP contribution is -2.16. The Morgan fingerprint density at radius 2 is 1.95 bits per heavy atom. The minimum atomic E-state index is -4.77. The van der Waals surface area contributed by atoms with Gasteiger partial charge in [0.1, 0.15) is 11.6 Å². The van der Waals surface area contributed by atoms with Crippen LogP contribution in [0.3, 0.4) is 0 Å². The Morgan fingerprint density at radius 3 is 2.55 bits per heavy atom. The van der Waals surface area contributed by atoms with Gasteiger partial charge >= 0.3 is 6.36 Å². The van der Waals surface area contributed by atoms with Crippen LogP contribution >= 0.6 is 0 Å². The third-order valence-corrected chi connectivity index (χ3v) is 2.11. The number of benzene rings is 1. The van der Waals surface area contributed by atoms with Gasteiger partial charge in [-0.05, 0) is 12.1 Å². The number of nitrogens with one attached hydrogen (secondary N) is 1. The number of nitrogens with zero attached hydrogens (tertiary/aromatic N) is 3. The van der Waals surface area contributed by atoms with Crippen molar-refractivity contribution in [3.05, 3.63) is 24.3 Å². The van der Waals surface area contributed by atoms with Crippen LogP contribution in [0.15, 0.2) is 34.5 Å². The molecule has 0 aliphatic heterocycles. The molecule has 0 amide bonds. The molecule has 0 saturated carbocycles. The number of anilines is 2. The fraction of sp³-hybridized carbons (Fsp3) is 0.100. The SMILES string of the molecule is Nc1n[nH]c(N)c1N=Nc1cccc(OC(F)(F)F)c1. The van der Waals surface area contributed by atoms with E-state index in [0.717, 1.165) is 12.1 Å². The van der Waals surface area contributed by atoms with Crippen LogP contribution in [0.1, 0.15) is 0 Å². The quantitative estimate of drug-likeness (QED) is 0.752. The average molecular weight is 286 g/mol. The Bertz CT molecular complexity index is 617. The van der Waals surface area contributed by atoms with Crippen LogP contribution in [0.5, 0.6) is 5.75 Å². The first-order chi connectivity index (χ1) is 9.35. The molecule has 0 aliphatic rings. The lowest BCUT2D eigenvalue weighted by atomic mass is 10.3. The van der Waals surface area contributed by atoms with Crippen LogP contribution in [0.2, 0.25) is 0 Å². The average Bonchev–Trinajstić information content (AvgIpc) is 2.65. The van der Waals surface area contributed by atoms with Gasteiger partial charge in [-0.25, -0.2) is 0 Å². The topological polar surface area (TPSA) is 115 Å². The third kappa shape index (κ3) is 3.37. The van der Waals surface area contributed by atoms with Crippen LogP contribution in [-0.4, -0.2) is 16.6 Å². The van der Waals surface area contributed by atoms with Gasteiger partial charge in [-0.2, -0.15) is 10.2 Å². The molecule has 0 aliphatic carbocycles. The zero-order valence-corrected chi connectivity index (χ0v) is 9.85. The highest BCUT2D eigenvalue weighted by Crippen LogP contribution is 2.30. The summed E-state index contributed by atoms with van der Waals surface area (Å²) in [6, 6.07) is 5.01. The molecular formula is C10H9F3N6O. The molecule has 1 heterocycles. The second-order valence-corrected chi connectivity index (χ2v) is 3.62. The summed E-state index contributed by atoms with van der Waals surface area (Å²) in [5.74, 6) is -0.259. The first-order valence-corrected chi connectivity index (χ1v) is 5.22. The van der Waals surface area contributed by atoms with Crippen LogP contribution in [-0.2, 0) is 0 Å². The molecule has 0 saturated heterocycles. The second-order valence-electron chi connectivity index (χ2n) is 3.62. The Balaban J connectivity index is 2.20. The van der Waals surface area contributed by atoms with Gasteiger partial charge in [-0.3, -0.25) is 5.10 Å². The van der Waals surface area contributed by atoms with Crippen LogP contribution in [0.4, 0.5) is 36.2 Å². The summed E-state index contributed by atoms with van der Waals surface area (Å²) in [4.78, 5) is 0. The maximum Gasteiger partial charge on any atom is 0.573 e. The highest BCUT2D eigenvalue weighted by atomic mass is 19.4. The van der Waals surface area contributed by atoms with Gasteiger partial charge in [0.15, 0.2) is 11.5 Å². The van der Waals surface area contributed by atoms with Crippen molar-refractivity contribution in [2.75, 3.05) is 11.5 Å². The van der Waals surface area contributed by atoms with Gasteiger partial charge < -0.3 is 16.2 Å². The van der Waals surface area contributed by atoms with Crippen molar-refractivity contribution in [3.8, 4) is 5.75 Å². The van der Waals surface area contributed by atoms with Crippen molar-refractivity contribution in [1.82, 2.24) is 10.2 Å². The second kappa shape index (κ2) is 5.07. The van der Waals surface area contributed by atoms with Crippen molar-refractivity contribution in [2.45, 2.75) is 6.36 Å². The molecule has 5 N–H and O–H groups in total. The number of hydrogen-bond acceptors (Lipinski definition) is 6. The molecule has 1 aromatic heterocycles. The van der Waals surface area contributed by atoms with E-state index in [9.17, 15) is 13.2 Å². The fourth-order valence-electron chi connectivity index (χ4n) is 1.32. The lowest BCUT2D eigenvalue weighted by Gasteiger charge is -2.08. The molecule has 0 bridgehead atoms. The lowest BCUT2D eigenvalue weighted by molar-refractivity contribution is -0.274. The minimum absolute atomic E-state index is 0.0361. The van der Waals surface area contributed by atoms with Gasteiger partial charge in [0.25, 0.3) is 0 Å². The molecule has 0 fully saturated rings. The predicted molar refractivity (Wildman–Crippen MR) is 64.7 cm³/mol. The van der Waals surface area contributed by atoms with Crippen molar-refractivity contribution in [1.29, 1.82) is 0 Å². The van der Waals surface area contributed by atoms with E-state index in [1.807, 2.05) is 0 Å². The Morgan fingerprint density at radius 1 is 1.20 bits per heavy atom. The Labute approximate surface area is 110 Å². The molecule has 2 rings (SSSR count). The number of alkyl halides is 3. The van der Waals surface area contributed by atoms with E-state index in [-0.39, 0.29) is 23.0 Å². The van der Waals surface area contributed by atoms with E-state index >= 15 is 0 Å². The molecular weight excluding hydrogens is 277 g/mol. The third-order valence-electron chi connectivity index (χ3n) is 2.11. The molecule has 7 nitrogen and oxygen atoms in total. The summed E-state index contributed by atoms with van der Waals surface area (Å²) >= 11 is 0. The van der Waals surface area contributed by atoms with E-state index in [2.05, 4.69) is 25.2 Å². The maximum absolute atomic E-state index is 12.1. The van der Waals surface area contributed by atoms with Crippen molar-refractivity contribution >= 4 is 23.0 Å². The van der Waals surface area contributed by atoms with Crippen LogP contribution < -0.4 is 16.2 Å². The minimum Gasteiger partial charge on any atom is -0.406 e. The highest BCUT2D eigenvalue weighted by Gasteiger charge is 2.31. The Hall–Kier alpha value is -2.78. The number of H-pyrrole nitrogens is 1. The normalized spacial score (nSPS) is 11.9. The predicted octanol–water partition coefficient (Wildman–Crippen LogP) is 2.89. The molecule has 106 valence electrons. The van der Waals surface area contributed by atoms with Gasteiger partial charge in [0.2, 0.25) is 0 Å². The Kier molecular flexibility index (Phi) is 3.46. The summed E-state index contributed by atoms with van der Waals surface area (Å²) in [6.45, 7) is 0. The molecule has 0 spiro atoms. The first kappa shape index (κ1) is 13.6. The zero-order chi connectivity index (χ0) is 14.8. The van der Waals surface area contributed by atoms with Crippen molar-refractivity contribution < 1.29 is 17.9 Å². The molecule has 0 radical (unpaired) electrons. The van der Waals surface area contributed by atoms with E-state index in [1.165, 1.54) is 12.1 Å². The van der Waals surface area contributed by atoms with E-state index in [4.69, 9.17) is 11.5 Å². The largest absolute Gasteiger partial charge is 0.573 e. The number of azo groups is 1. The van der Waals surface area contributed by atoms with Crippen molar-refractivity contribution in [3.63, 3.8) is 0 Å². The van der Waals surface area contributed by atoms with E-state index < -0.39 is 12.1 Å². The monoisotopic (exact) mass is 286 g/mol. The number of nitrogens with two attached hydrogens (primary N) is 2. The fourth-order valence-corrected chi connectivity index (χ4v) is 1.32. The summed E-state index contributed by atoms with van der Waals surface area (Å²) in [6.07, 6.45) is -4.77. The molecule has 0 unspecified atom stereocenters. The summed E-state index contributed by atoms with van der Waals surface area (Å²) in [5, 5.41) is 13.4. The smallest absolute Gasteiger partial charge is 0.406 e. The zero-order valence-electron chi connectivity index (χ0n) is 9.85. The van der Waals surface area contributed by atoms with Gasteiger partial charge in [0, 0.05) is 6.07 Å². The van der Waals surface area contributed by atoms with Gasteiger partial charge in [0.05, 0.1) is 5.69 Å². The molecule has 10 heteroatoms. The van der Waals surface area contributed by atoms with Crippen LogP contribution in [0, 0.1) is 0 Å². The number of rotatable bonds is 3. The molecule has 20 heavy (non-hydrogen) atoms. The number of nitrogen functional groups attached to an aromatic ring is 2. The number of aromatic nitrogens is 2. The van der Waals surface area contributed by atoms with E-state index in [1.54, 1.807) is 0 Å². The maximum atomic E-state index is 12.1. The summed E-state index contributed by atoms with van der Waals surface area (Å²) in [5.41, 5.74) is 11.2. The molecule has 1 aromatic carbocycles. The number of ether oxygens (including phenoxy) is 1.